The number of carbonyl (C=O) groups is 2. The van der Waals surface area contributed by atoms with Gasteiger partial charge in [0.05, 0.1) is 5.92 Å². The van der Waals surface area contributed by atoms with Crippen molar-refractivity contribution >= 4 is 11.8 Å². The molecule has 0 bridgehead atoms. The number of aliphatic hydroxyl groups is 1. The first kappa shape index (κ1) is 15.9. The Morgan fingerprint density at radius 3 is 1.91 bits per heavy atom. The number of benzene rings is 2. The van der Waals surface area contributed by atoms with Crippen molar-refractivity contribution < 1.29 is 19.8 Å². The molecule has 0 spiro atoms. The van der Waals surface area contributed by atoms with E-state index in [1.165, 1.54) is 0 Å². The van der Waals surface area contributed by atoms with Crippen molar-refractivity contribution in [3.63, 3.8) is 0 Å². The first-order valence-corrected chi connectivity index (χ1v) is 6.83. The minimum absolute atomic E-state index is 0.319. The molecule has 0 aliphatic heterocycles. The molecule has 0 aliphatic rings. The Bertz CT molecular complexity index is 642. The smallest absolute Gasteiger partial charge is 0.333 e. The van der Waals surface area contributed by atoms with Gasteiger partial charge >= 0.3 is 5.97 Å². The Labute approximate surface area is 128 Å². The summed E-state index contributed by atoms with van der Waals surface area (Å²) in [7, 11) is 0. The normalized spacial score (nSPS) is 14.8. The Balaban J connectivity index is 2.39. The molecular formula is C17H17NO4. The maximum absolute atomic E-state index is 12.6. The Kier molecular flexibility index (Phi) is 5.04. The third kappa shape index (κ3) is 3.39. The van der Waals surface area contributed by atoms with Crippen molar-refractivity contribution in [2.24, 2.45) is 11.7 Å². The summed E-state index contributed by atoms with van der Waals surface area (Å²) in [5.41, 5.74) is 6.99. The lowest BCUT2D eigenvalue weighted by molar-refractivity contribution is -0.149. The fraction of sp³-hybridized carbons (Fsp3) is 0.176. The van der Waals surface area contributed by atoms with Crippen molar-refractivity contribution in [3.8, 4) is 0 Å². The first-order chi connectivity index (χ1) is 10.5. The van der Waals surface area contributed by atoms with Gasteiger partial charge in [-0.2, -0.15) is 0 Å². The number of rotatable bonds is 6. The molecule has 3 atom stereocenters. The average Bonchev–Trinajstić information content (AvgIpc) is 2.56. The molecule has 114 valence electrons. The molecule has 1 unspecified atom stereocenters. The van der Waals surface area contributed by atoms with Gasteiger partial charge in [-0.05, 0) is 5.56 Å². The number of ketones is 1. The van der Waals surface area contributed by atoms with Crippen LogP contribution >= 0.6 is 0 Å². The Morgan fingerprint density at radius 2 is 1.41 bits per heavy atom. The van der Waals surface area contributed by atoms with Gasteiger partial charge in [0.25, 0.3) is 0 Å². The van der Waals surface area contributed by atoms with Gasteiger partial charge in [-0.3, -0.25) is 4.79 Å². The predicted molar refractivity (Wildman–Crippen MR) is 81.3 cm³/mol. The van der Waals surface area contributed by atoms with Gasteiger partial charge in [0.1, 0.15) is 0 Å². The van der Waals surface area contributed by atoms with Crippen LogP contribution in [-0.2, 0) is 4.79 Å². The van der Waals surface area contributed by atoms with Crippen LogP contribution in [0.2, 0.25) is 0 Å². The van der Waals surface area contributed by atoms with Gasteiger partial charge in [-0.15, -0.1) is 0 Å². The van der Waals surface area contributed by atoms with Crippen molar-refractivity contribution in [3.05, 3.63) is 71.8 Å². The number of hydrogen-bond donors (Lipinski definition) is 3. The monoisotopic (exact) mass is 299 g/mol. The largest absolute Gasteiger partial charge is 0.479 e. The molecule has 0 fully saturated rings. The van der Waals surface area contributed by atoms with Gasteiger partial charge in [-0.1, -0.05) is 60.7 Å². The molecule has 0 heterocycles. The molecule has 0 amide bonds. The van der Waals surface area contributed by atoms with Gasteiger partial charge in [0.15, 0.2) is 11.9 Å². The van der Waals surface area contributed by atoms with E-state index in [4.69, 9.17) is 10.8 Å². The molecule has 2 aromatic carbocycles. The van der Waals surface area contributed by atoms with Crippen LogP contribution in [0.3, 0.4) is 0 Å². The summed E-state index contributed by atoms with van der Waals surface area (Å²) in [6.07, 6.45) is -1.87. The standard InChI is InChI=1S/C17H17NO4/c18-14(11-7-3-1-4-8-11)13(16(20)17(21)22)15(19)12-9-5-2-6-10-12/h1-10,13-14,16,20H,18H2,(H,21,22)/t13-,14?,16-/m1/s1. The minimum atomic E-state index is -1.87. The Morgan fingerprint density at radius 1 is 0.909 bits per heavy atom. The fourth-order valence-corrected chi connectivity index (χ4v) is 2.33. The summed E-state index contributed by atoms with van der Waals surface area (Å²) in [4.78, 5) is 23.8. The Hall–Kier alpha value is -2.50. The highest BCUT2D eigenvalue weighted by atomic mass is 16.4. The summed E-state index contributed by atoms with van der Waals surface area (Å²) in [5.74, 6) is -3.23. The van der Waals surface area contributed by atoms with E-state index in [2.05, 4.69) is 0 Å². The summed E-state index contributed by atoms with van der Waals surface area (Å²) in [6, 6.07) is 16.0. The molecule has 0 aliphatic carbocycles. The van der Waals surface area contributed by atoms with Crippen LogP contribution in [0.5, 0.6) is 0 Å². The lowest BCUT2D eigenvalue weighted by Gasteiger charge is -2.25. The minimum Gasteiger partial charge on any atom is -0.479 e. The third-order valence-electron chi connectivity index (χ3n) is 3.53. The second-order valence-electron chi connectivity index (χ2n) is 4.98. The average molecular weight is 299 g/mol. The number of Topliss-reactive ketones (excluding diaryl/α,β-unsaturated/α-hetero) is 1. The second-order valence-corrected chi connectivity index (χ2v) is 4.98. The van der Waals surface area contributed by atoms with E-state index in [0.29, 0.717) is 11.1 Å². The number of aliphatic carboxylic acids is 1. The number of hydrogen-bond acceptors (Lipinski definition) is 4. The molecule has 5 nitrogen and oxygen atoms in total. The zero-order valence-corrected chi connectivity index (χ0v) is 11.8. The van der Waals surface area contributed by atoms with Crippen LogP contribution in [0.25, 0.3) is 0 Å². The van der Waals surface area contributed by atoms with E-state index in [9.17, 15) is 14.7 Å². The van der Waals surface area contributed by atoms with Crippen LogP contribution in [0.15, 0.2) is 60.7 Å². The first-order valence-electron chi connectivity index (χ1n) is 6.83. The SMILES string of the molecule is NC(c1ccccc1)[C@H](C(=O)c1ccccc1)[C@@H](O)C(=O)O. The number of carboxylic acid groups (broad SMARTS) is 1. The molecule has 22 heavy (non-hydrogen) atoms. The highest BCUT2D eigenvalue weighted by Crippen LogP contribution is 2.26. The van der Waals surface area contributed by atoms with Crippen molar-refractivity contribution in [2.45, 2.75) is 12.1 Å². The van der Waals surface area contributed by atoms with Gasteiger partial charge < -0.3 is 15.9 Å². The topological polar surface area (TPSA) is 101 Å². The molecule has 2 rings (SSSR count). The summed E-state index contributed by atoms with van der Waals surface area (Å²) in [5, 5.41) is 19.0. The molecular weight excluding hydrogens is 282 g/mol. The van der Waals surface area contributed by atoms with E-state index in [0.717, 1.165) is 0 Å². The lowest BCUT2D eigenvalue weighted by atomic mass is 9.83. The molecule has 0 saturated carbocycles. The number of nitrogens with two attached hydrogens (primary N) is 1. The summed E-state index contributed by atoms with van der Waals surface area (Å²) >= 11 is 0. The fourth-order valence-electron chi connectivity index (χ4n) is 2.33. The van der Waals surface area contributed by atoms with Crippen LogP contribution in [0.1, 0.15) is 22.0 Å². The van der Waals surface area contributed by atoms with Crippen molar-refractivity contribution in [1.29, 1.82) is 0 Å². The maximum atomic E-state index is 12.6. The van der Waals surface area contributed by atoms with Crippen molar-refractivity contribution in [1.82, 2.24) is 0 Å². The van der Waals surface area contributed by atoms with Gasteiger partial charge in [0.2, 0.25) is 0 Å². The number of carboxylic acids is 1. The molecule has 5 heteroatoms. The van der Waals surface area contributed by atoms with Crippen LogP contribution in [0, 0.1) is 5.92 Å². The zero-order valence-electron chi connectivity index (χ0n) is 11.8. The van der Waals surface area contributed by atoms with Gasteiger partial charge in [-0.25, -0.2) is 4.79 Å². The quantitative estimate of drug-likeness (QED) is 0.704. The summed E-state index contributed by atoms with van der Waals surface area (Å²) < 4.78 is 0. The van der Waals surface area contributed by atoms with Gasteiger partial charge in [0, 0.05) is 11.6 Å². The highest BCUT2D eigenvalue weighted by molar-refractivity contribution is 6.00. The van der Waals surface area contributed by atoms with E-state index < -0.39 is 29.8 Å². The van der Waals surface area contributed by atoms with Crippen LogP contribution < -0.4 is 5.73 Å². The van der Waals surface area contributed by atoms with E-state index >= 15 is 0 Å². The van der Waals surface area contributed by atoms with E-state index in [1.54, 1.807) is 60.7 Å². The maximum Gasteiger partial charge on any atom is 0.333 e. The highest BCUT2D eigenvalue weighted by Gasteiger charge is 2.37. The second kappa shape index (κ2) is 6.98. The lowest BCUT2D eigenvalue weighted by Crippen LogP contribution is -2.41. The zero-order chi connectivity index (χ0) is 16.1. The number of aliphatic hydroxyl groups excluding tert-OH is 1. The molecule has 0 aromatic heterocycles. The van der Waals surface area contributed by atoms with Crippen LogP contribution in [0.4, 0.5) is 0 Å². The summed E-state index contributed by atoms with van der Waals surface area (Å²) in [6.45, 7) is 0. The molecule has 4 N–H and O–H groups in total. The molecule has 2 aromatic rings. The molecule has 0 saturated heterocycles. The van der Waals surface area contributed by atoms with Crippen LogP contribution in [-0.4, -0.2) is 28.1 Å². The molecule has 0 radical (unpaired) electrons. The third-order valence-corrected chi connectivity index (χ3v) is 3.53. The predicted octanol–water partition coefficient (Wildman–Crippen LogP) is 1.63. The number of carbonyl (C=O) groups excluding carboxylic acids is 1. The van der Waals surface area contributed by atoms with E-state index in [-0.39, 0.29) is 0 Å². The van der Waals surface area contributed by atoms with Crippen molar-refractivity contribution in [2.75, 3.05) is 0 Å². The van der Waals surface area contributed by atoms with E-state index in [1.807, 2.05) is 0 Å².